The van der Waals surface area contributed by atoms with Crippen molar-refractivity contribution in [3.05, 3.63) is 76.2 Å². The summed E-state index contributed by atoms with van der Waals surface area (Å²) in [5, 5.41) is 15.2. The maximum atomic E-state index is 6.09. The summed E-state index contributed by atoms with van der Waals surface area (Å²) in [6.45, 7) is 2.10. The van der Waals surface area contributed by atoms with Crippen molar-refractivity contribution in [1.29, 1.82) is 0 Å². The van der Waals surface area contributed by atoms with Gasteiger partial charge in [-0.25, -0.2) is 0 Å². The topological polar surface area (TPSA) is 60.0 Å². The molecular weight excluding hydrogens is 453 g/mol. The second kappa shape index (κ2) is 9.44. The highest BCUT2D eigenvalue weighted by Crippen LogP contribution is 2.30. The molecule has 0 radical (unpaired) electrons. The predicted octanol–water partition coefficient (Wildman–Crippen LogP) is 6.14. The van der Waals surface area contributed by atoms with Crippen LogP contribution in [0.15, 0.2) is 64.3 Å². The van der Waals surface area contributed by atoms with E-state index < -0.39 is 0 Å². The molecular formula is C22H21Cl2N5OS. The molecule has 0 bridgehead atoms. The molecule has 0 saturated carbocycles. The molecule has 4 aromatic rings. The van der Waals surface area contributed by atoms with Crippen molar-refractivity contribution in [3.63, 3.8) is 0 Å². The largest absolute Gasteiger partial charge is 0.360 e. The van der Waals surface area contributed by atoms with Gasteiger partial charge in [0.15, 0.2) is 11.0 Å². The van der Waals surface area contributed by atoms with Crippen LogP contribution in [-0.2, 0) is 5.75 Å². The van der Waals surface area contributed by atoms with Crippen LogP contribution in [0.5, 0.6) is 0 Å². The minimum Gasteiger partial charge on any atom is -0.360 e. The lowest BCUT2D eigenvalue weighted by Gasteiger charge is -2.20. The Morgan fingerprint density at radius 2 is 1.65 bits per heavy atom. The van der Waals surface area contributed by atoms with Crippen molar-refractivity contribution in [2.45, 2.75) is 23.9 Å². The summed E-state index contributed by atoms with van der Waals surface area (Å²) in [5.74, 6) is 2.18. The van der Waals surface area contributed by atoms with Gasteiger partial charge in [0.25, 0.3) is 0 Å². The highest BCUT2D eigenvalue weighted by molar-refractivity contribution is 7.98. The first-order valence-corrected chi connectivity index (χ1v) is 11.4. The number of halogens is 2. The fraction of sp³-hybridized carbons (Fsp3) is 0.227. The Kier molecular flexibility index (Phi) is 6.67. The molecule has 0 saturated heterocycles. The summed E-state index contributed by atoms with van der Waals surface area (Å²) in [7, 11) is 4.04. The summed E-state index contributed by atoms with van der Waals surface area (Å²) in [4.78, 5) is 2.10. The maximum absolute atomic E-state index is 6.09. The molecule has 0 aliphatic heterocycles. The zero-order valence-corrected chi connectivity index (χ0v) is 19.6. The van der Waals surface area contributed by atoms with Gasteiger partial charge >= 0.3 is 0 Å². The molecule has 4 rings (SSSR count). The Hall–Kier alpha value is -2.32. The lowest BCUT2D eigenvalue weighted by atomic mass is 10.1. The molecule has 1 atom stereocenters. The zero-order chi connectivity index (χ0) is 22.0. The molecule has 0 amide bonds. The number of nitrogens with zero attached hydrogens (tertiary/aromatic N) is 5. The second-order valence-electron chi connectivity index (χ2n) is 7.27. The maximum Gasteiger partial charge on any atom is 0.196 e. The van der Waals surface area contributed by atoms with E-state index >= 15 is 0 Å². The van der Waals surface area contributed by atoms with Crippen molar-refractivity contribution >= 4 is 35.0 Å². The van der Waals surface area contributed by atoms with Gasteiger partial charge in [0.1, 0.15) is 11.5 Å². The molecule has 0 spiro atoms. The average molecular weight is 474 g/mol. The van der Waals surface area contributed by atoms with E-state index in [-0.39, 0.29) is 6.04 Å². The van der Waals surface area contributed by atoms with E-state index in [1.165, 1.54) is 0 Å². The number of hydrogen-bond acceptors (Lipinski definition) is 6. The Bertz CT molecular complexity index is 1160. The molecule has 0 N–H and O–H groups in total. The molecule has 1 unspecified atom stereocenters. The van der Waals surface area contributed by atoms with Crippen molar-refractivity contribution in [1.82, 2.24) is 24.8 Å². The van der Waals surface area contributed by atoms with E-state index in [1.54, 1.807) is 11.8 Å². The van der Waals surface area contributed by atoms with E-state index in [9.17, 15) is 0 Å². The van der Waals surface area contributed by atoms with Gasteiger partial charge in [-0.05, 0) is 57.4 Å². The molecule has 2 aromatic heterocycles. The van der Waals surface area contributed by atoms with E-state index in [0.717, 1.165) is 33.7 Å². The van der Waals surface area contributed by atoms with Crippen LogP contribution in [0.3, 0.4) is 0 Å². The van der Waals surface area contributed by atoms with Crippen molar-refractivity contribution in [2.75, 3.05) is 14.1 Å². The summed E-state index contributed by atoms with van der Waals surface area (Å²) < 4.78 is 7.60. The van der Waals surface area contributed by atoms with E-state index in [0.29, 0.717) is 15.8 Å². The van der Waals surface area contributed by atoms with Gasteiger partial charge in [-0.3, -0.25) is 9.47 Å². The van der Waals surface area contributed by atoms with Crippen LogP contribution in [0.4, 0.5) is 0 Å². The van der Waals surface area contributed by atoms with Gasteiger partial charge in [0.2, 0.25) is 0 Å². The third-order valence-electron chi connectivity index (χ3n) is 4.93. The molecule has 6 nitrogen and oxygen atoms in total. The fourth-order valence-corrected chi connectivity index (χ4v) is 4.07. The van der Waals surface area contributed by atoms with Gasteiger partial charge < -0.3 is 4.52 Å². The van der Waals surface area contributed by atoms with E-state index in [4.69, 9.17) is 27.7 Å². The van der Waals surface area contributed by atoms with Gasteiger partial charge in [-0.2, -0.15) is 0 Å². The van der Waals surface area contributed by atoms with Crippen molar-refractivity contribution in [2.24, 2.45) is 0 Å². The summed E-state index contributed by atoms with van der Waals surface area (Å²) in [5.41, 5.74) is 2.68. The van der Waals surface area contributed by atoms with Gasteiger partial charge in [-0.1, -0.05) is 52.3 Å². The standard InChI is InChI=1S/C22H21Cl2N5OS/c1-14(28(2)3)21-25-26-22(29(21)18-10-8-17(24)9-11-18)31-13-19-12-20(27-30-19)15-4-6-16(23)7-5-15/h4-12,14H,13H2,1-3H3. The molecule has 160 valence electrons. The fourth-order valence-electron chi connectivity index (χ4n) is 2.98. The molecule has 0 fully saturated rings. The van der Waals surface area contributed by atoms with Crippen LogP contribution in [-0.4, -0.2) is 38.9 Å². The first-order valence-electron chi connectivity index (χ1n) is 9.64. The van der Waals surface area contributed by atoms with Crippen LogP contribution >= 0.6 is 35.0 Å². The Morgan fingerprint density at radius 3 is 2.29 bits per heavy atom. The minimum atomic E-state index is 0.0827. The van der Waals surface area contributed by atoms with Gasteiger partial charge in [0.05, 0.1) is 11.8 Å². The number of hydrogen-bond donors (Lipinski definition) is 0. The number of thioether (sulfide) groups is 1. The molecule has 0 aliphatic carbocycles. The Balaban J connectivity index is 1.59. The van der Waals surface area contributed by atoms with Crippen molar-refractivity contribution in [3.8, 4) is 16.9 Å². The monoisotopic (exact) mass is 473 g/mol. The Labute approximate surface area is 195 Å². The third kappa shape index (κ3) is 4.96. The summed E-state index contributed by atoms with van der Waals surface area (Å²) >= 11 is 13.6. The predicted molar refractivity (Wildman–Crippen MR) is 125 cm³/mol. The van der Waals surface area contributed by atoms with Gasteiger partial charge in [-0.15, -0.1) is 10.2 Å². The summed E-state index contributed by atoms with van der Waals surface area (Å²) in [6, 6.07) is 17.2. The van der Waals surface area contributed by atoms with Crippen LogP contribution in [0, 0.1) is 0 Å². The van der Waals surface area contributed by atoms with Crippen LogP contribution in [0.1, 0.15) is 24.6 Å². The van der Waals surface area contributed by atoms with E-state index in [1.807, 2.05) is 68.7 Å². The van der Waals surface area contributed by atoms with E-state index in [2.05, 4.69) is 31.7 Å². The first-order chi connectivity index (χ1) is 14.9. The average Bonchev–Trinajstić information content (AvgIpc) is 3.40. The normalized spacial score (nSPS) is 12.5. The zero-order valence-electron chi connectivity index (χ0n) is 17.3. The summed E-state index contributed by atoms with van der Waals surface area (Å²) in [6.07, 6.45) is 0. The molecule has 31 heavy (non-hydrogen) atoms. The number of benzene rings is 2. The SMILES string of the molecule is CC(c1nnc(SCc2cc(-c3ccc(Cl)cc3)no2)n1-c1ccc(Cl)cc1)N(C)C. The molecule has 0 aliphatic rings. The second-order valence-corrected chi connectivity index (χ2v) is 9.08. The number of aromatic nitrogens is 4. The quantitative estimate of drug-likeness (QED) is 0.300. The number of rotatable bonds is 7. The highest BCUT2D eigenvalue weighted by Gasteiger charge is 2.21. The smallest absolute Gasteiger partial charge is 0.196 e. The molecule has 9 heteroatoms. The molecule has 2 heterocycles. The highest BCUT2D eigenvalue weighted by atomic mass is 35.5. The third-order valence-corrected chi connectivity index (χ3v) is 6.39. The first kappa shape index (κ1) is 21.9. The molecule has 2 aromatic carbocycles. The van der Waals surface area contributed by atoms with Gasteiger partial charge in [0, 0.05) is 27.4 Å². The Morgan fingerprint density at radius 1 is 1.00 bits per heavy atom. The van der Waals surface area contributed by atoms with Crippen molar-refractivity contribution < 1.29 is 4.52 Å². The lowest BCUT2D eigenvalue weighted by Crippen LogP contribution is -2.20. The van der Waals surface area contributed by atoms with Crippen LogP contribution in [0.25, 0.3) is 16.9 Å². The minimum absolute atomic E-state index is 0.0827. The van der Waals surface area contributed by atoms with Crippen LogP contribution < -0.4 is 0 Å². The van der Waals surface area contributed by atoms with Crippen LogP contribution in [0.2, 0.25) is 10.0 Å². The lowest BCUT2D eigenvalue weighted by molar-refractivity contribution is 0.305.